The van der Waals surface area contributed by atoms with Crippen LogP contribution in [0.15, 0.2) is 41.7 Å². The summed E-state index contributed by atoms with van der Waals surface area (Å²) in [5.74, 6) is 0.212. The Morgan fingerprint density at radius 2 is 2.12 bits per heavy atom. The topological polar surface area (TPSA) is 74.8 Å². The second-order valence-electron chi connectivity index (χ2n) is 5.66. The maximum Gasteiger partial charge on any atom is 0.165 e. The molecule has 4 aromatic rings. The maximum absolute atomic E-state index is 14.2. The molecule has 5 nitrogen and oxygen atoms in total. The SMILES string of the molecule is N#Cc1c(-c2cc3ncnc4c3c(n2)C=CC=N4)sc2c(F)cccc12. The molecule has 3 aromatic heterocycles. The van der Waals surface area contributed by atoms with Gasteiger partial charge in [0.15, 0.2) is 5.82 Å². The molecule has 26 heavy (non-hydrogen) atoms. The Morgan fingerprint density at radius 1 is 1.19 bits per heavy atom. The van der Waals surface area contributed by atoms with Gasteiger partial charge >= 0.3 is 0 Å². The van der Waals surface area contributed by atoms with Crippen molar-refractivity contribution in [2.75, 3.05) is 0 Å². The highest BCUT2D eigenvalue weighted by molar-refractivity contribution is 7.22. The summed E-state index contributed by atoms with van der Waals surface area (Å²) in [6.07, 6.45) is 6.71. The molecular weight excluding hydrogens is 349 g/mol. The minimum absolute atomic E-state index is 0.341. The molecular formula is C19H8FN5S. The number of hydrogen-bond acceptors (Lipinski definition) is 6. The third kappa shape index (κ3) is 2.06. The molecule has 0 N–H and O–H groups in total. The Balaban J connectivity index is 1.86. The van der Waals surface area contributed by atoms with Gasteiger partial charge in [0.25, 0.3) is 0 Å². The molecule has 7 heteroatoms. The van der Waals surface area contributed by atoms with Gasteiger partial charge in [0, 0.05) is 11.6 Å². The molecule has 0 unspecified atom stereocenters. The zero-order valence-corrected chi connectivity index (χ0v) is 14.0. The normalized spacial score (nSPS) is 12.5. The number of allylic oxidation sites excluding steroid dienone is 1. The van der Waals surface area contributed by atoms with Gasteiger partial charge < -0.3 is 0 Å². The van der Waals surface area contributed by atoms with Gasteiger partial charge in [-0.3, -0.25) is 0 Å². The minimum Gasteiger partial charge on any atom is -0.247 e. The van der Waals surface area contributed by atoms with Crippen molar-refractivity contribution in [3.8, 4) is 16.6 Å². The van der Waals surface area contributed by atoms with Gasteiger partial charge in [0.05, 0.1) is 37.4 Å². The van der Waals surface area contributed by atoms with Gasteiger partial charge in [-0.15, -0.1) is 11.3 Å². The molecule has 0 aliphatic carbocycles. The molecule has 0 bridgehead atoms. The van der Waals surface area contributed by atoms with Gasteiger partial charge in [0.1, 0.15) is 18.2 Å². The number of rotatable bonds is 1. The van der Waals surface area contributed by atoms with E-state index in [0.717, 1.165) is 5.39 Å². The zero-order valence-electron chi connectivity index (χ0n) is 13.1. The molecule has 0 radical (unpaired) electrons. The molecule has 122 valence electrons. The summed E-state index contributed by atoms with van der Waals surface area (Å²) in [6.45, 7) is 0. The average molecular weight is 357 g/mol. The number of halogens is 1. The molecule has 0 spiro atoms. The summed E-state index contributed by atoms with van der Waals surface area (Å²) < 4.78 is 14.6. The van der Waals surface area contributed by atoms with E-state index in [9.17, 15) is 9.65 Å². The lowest BCUT2D eigenvalue weighted by Gasteiger charge is -2.06. The first-order valence-electron chi connectivity index (χ1n) is 7.74. The van der Waals surface area contributed by atoms with Crippen LogP contribution in [0, 0.1) is 17.1 Å². The Bertz CT molecular complexity index is 1310. The molecule has 0 atom stereocenters. The van der Waals surface area contributed by atoms with Gasteiger partial charge in [0.2, 0.25) is 0 Å². The number of pyridine rings is 1. The summed E-state index contributed by atoms with van der Waals surface area (Å²) in [6, 6.07) is 8.74. The van der Waals surface area contributed by atoms with Crippen molar-refractivity contribution in [2.45, 2.75) is 0 Å². The van der Waals surface area contributed by atoms with Crippen molar-refractivity contribution in [2.24, 2.45) is 4.99 Å². The molecule has 0 amide bonds. The summed E-state index contributed by atoms with van der Waals surface area (Å²) in [4.78, 5) is 18.1. The number of hydrogen-bond donors (Lipinski definition) is 0. The van der Waals surface area contributed by atoms with Crippen molar-refractivity contribution in [3.05, 3.63) is 53.7 Å². The Labute approximate surface area is 150 Å². The summed E-state index contributed by atoms with van der Waals surface area (Å²) in [5, 5.41) is 11.0. The van der Waals surface area contributed by atoms with Crippen molar-refractivity contribution in [1.82, 2.24) is 15.0 Å². The zero-order chi connectivity index (χ0) is 17.7. The second-order valence-corrected chi connectivity index (χ2v) is 6.68. The number of thiophene rings is 1. The van der Waals surface area contributed by atoms with E-state index >= 15 is 0 Å². The molecule has 0 saturated heterocycles. The lowest BCUT2D eigenvalue weighted by Crippen LogP contribution is -1.93. The van der Waals surface area contributed by atoms with E-state index in [-0.39, 0.29) is 5.82 Å². The summed E-state index contributed by atoms with van der Waals surface area (Å²) >= 11 is 1.22. The van der Waals surface area contributed by atoms with Crippen molar-refractivity contribution in [3.63, 3.8) is 0 Å². The molecule has 1 aliphatic heterocycles. The predicted molar refractivity (Wildman–Crippen MR) is 100 cm³/mol. The first kappa shape index (κ1) is 14.8. The number of nitriles is 1. The first-order valence-corrected chi connectivity index (χ1v) is 8.56. The van der Waals surface area contributed by atoms with Crippen molar-refractivity contribution >= 4 is 50.4 Å². The van der Waals surface area contributed by atoms with Gasteiger partial charge in [-0.1, -0.05) is 12.1 Å². The number of fused-ring (bicyclic) bond motifs is 1. The fraction of sp³-hybridized carbons (Fsp3) is 0. The van der Waals surface area contributed by atoms with E-state index in [4.69, 9.17) is 0 Å². The fourth-order valence-corrected chi connectivity index (χ4v) is 4.17. The highest BCUT2D eigenvalue weighted by atomic mass is 32.1. The van der Waals surface area contributed by atoms with Crippen molar-refractivity contribution < 1.29 is 4.39 Å². The predicted octanol–water partition coefficient (Wildman–Crippen LogP) is 4.65. The molecule has 0 saturated carbocycles. The van der Waals surface area contributed by atoms with E-state index in [1.54, 1.807) is 30.5 Å². The van der Waals surface area contributed by atoms with Crippen LogP contribution in [-0.4, -0.2) is 21.2 Å². The van der Waals surface area contributed by atoms with Gasteiger partial charge in [-0.25, -0.2) is 24.3 Å². The number of aromatic nitrogens is 3. The highest BCUT2D eigenvalue weighted by Gasteiger charge is 2.19. The third-order valence-electron chi connectivity index (χ3n) is 4.18. The van der Waals surface area contributed by atoms with E-state index in [1.165, 1.54) is 23.7 Å². The maximum atomic E-state index is 14.2. The van der Waals surface area contributed by atoms with Crippen LogP contribution in [0.4, 0.5) is 10.2 Å². The van der Waals surface area contributed by atoms with E-state index in [1.807, 2.05) is 6.08 Å². The summed E-state index contributed by atoms with van der Waals surface area (Å²) in [7, 11) is 0. The van der Waals surface area contributed by atoms with E-state index in [0.29, 0.717) is 43.2 Å². The first-order chi connectivity index (χ1) is 12.8. The number of benzene rings is 1. The summed E-state index contributed by atoms with van der Waals surface area (Å²) in [5.41, 5.74) is 2.36. The van der Waals surface area contributed by atoms with Crippen molar-refractivity contribution in [1.29, 1.82) is 5.26 Å². The fourth-order valence-electron chi connectivity index (χ4n) is 3.05. The van der Waals surface area contributed by atoms with Gasteiger partial charge in [-0.2, -0.15) is 5.26 Å². The van der Waals surface area contributed by atoms with E-state index < -0.39 is 0 Å². The lowest BCUT2D eigenvalue weighted by atomic mass is 10.1. The largest absolute Gasteiger partial charge is 0.247 e. The Kier molecular flexibility index (Phi) is 3.14. The quantitative estimate of drug-likeness (QED) is 0.497. The third-order valence-corrected chi connectivity index (χ3v) is 5.41. The average Bonchev–Trinajstić information content (AvgIpc) is 2.92. The van der Waals surface area contributed by atoms with Crippen LogP contribution in [0.1, 0.15) is 11.3 Å². The van der Waals surface area contributed by atoms with Crippen LogP contribution in [-0.2, 0) is 0 Å². The standard InChI is InChI=1S/C19H8FN5S/c20-12-4-1-3-10-11(8-21)18(26-17(10)12)15-7-14-16-13(25-15)5-2-6-22-19(16)24-9-23-14/h1-7,9H. The molecule has 5 rings (SSSR count). The monoisotopic (exact) mass is 357 g/mol. The number of nitrogens with zero attached hydrogens (tertiary/aromatic N) is 5. The van der Waals surface area contributed by atoms with E-state index in [2.05, 4.69) is 26.0 Å². The van der Waals surface area contributed by atoms with Crippen LogP contribution in [0.3, 0.4) is 0 Å². The lowest BCUT2D eigenvalue weighted by molar-refractivity contribution is 0.641. The molecule has 0 fully saturated rings. The Morgan fingerprint density at radius 3 is 3.00 bits per heavy atom. The number of aliphatic imine (C=N–C) groups is 1. The van der Waals surface area contributed by atoms with Gasteiger partial charge in [-0.05, 0) is 24.3 Å². The Hall–Kier alpha value is -3.50. The smallest absolute Gasteiger partial charge is 0.165 e. The van der Waals surface area contributed by atoms with Crippen LogP contribution in [0.5, 0.6) is 0 Å². The second kappa shape index (κ2) is 5.51. The molecule has 1 aliphatic rings. The molecule has 1 aromatic carbocycles. The van der Waals surface area contributed by atoms with Crippen LogP contribution in [0.2, 0.25) is 0 Å². The molecule has 4 heterocycles. The highest BCUT2D eigenvalue weighted by Crippen LogP contribution is 2.40. The van der Waals surface area contributed by atoms with Crippen LogP contribution in [0.25, 0.3) is 37.6 Å². The van der Waals surface area contributed by atoms with Crippen LogP contribution < -0.4 is 0 Å². The minimum atomic E-state index is -0.341. The van der Waals surface area contributed by atoms with Crippen LogP contribution >= 0.6 is 11.3 Å².